The van der Waals surface area contributed by atoms with Crippen molar-refractivity contribution in [3.63, 3.8) is 0 Å². The number of aliphatic carboxylic acids is 1. The van der Waals surface area contributed by atoms with Crippen molar-refractivity contribution in [1.82, 2.24) is 16.0 Å². The first-order valence-electron chi connectivity index (χ1n) is 10.8. The van der Waals surface area contributed by atoms with Crippen LogP contribution in [-0.2, 0) is 19.2 Å². The first-order valence-corrected chi connectivity index (χ1v) is 10.8. The Balaban J connectivity index is 5.41. The standard InChI is InChI=1S/C20H39N5O7/c1-10(2)9-13(22)17(28)23-14(7-5-6-8-21)18(29)24-15(11(3)26)19(30)25-16(12(4)27)20(31)32/h10-16,26-27H,5-9,21-22H2,1-4H3,(H,23,28)(H,24,29)(H,25,30)(H,31,32). The molecule has 186 valence electrons. The Kier molecular flexibility index (Phi) is 13.7. The highest BCUT2D eigenvalue weighted by molar-refractivity contribution is 5.94. The number of aliphatic hydroxyl groups is 2. The summed E-state index contributed by atoms with van der Waals surface area (Å²) in [6.45, 7) is 6.62. The van der Waals surface area contributed by atoms with Gasteiger partial charge in [0.25, 0.3) is 0 Å². The molecule has 6 unspecified atom stereocenters. The molecule has 0 bridgehead atoms. The molecule has 0 fully saturated rings. The number of carboxylic acids is 1. The quantitative estimate of drug-likeness (QED) is 0.124. The van der Waals surface area contributed by atoms with Crippen molar-refractivity contribution in [2.75, 3.05) is 6.54 Å². The Morgan fingerprint density at radius 2 is 1.34 bits per heavy atom. The van der Waals surface area contributed by atoms with E-state index in [1.165, 1.54) is 13.8 Å². The average molecular weight is 462 g/mol. The van der Waals surface area contributed by atoms with Gasteiger partial charge in [-0.1, -0.05) is 13.8 Å². The number of hydrogen-bond acceptors (Lipinski definition) is 8. The minimum absolute atomic E-state index is 0.166. The van der Waals surface area contributed by atoms with Crippen LogP contribution in [0.25, 0.3) is 0 Å². The minimum Gasteiger partial charge on any atom is -0.480 e. The fourth-order valence-electron chi connectivity index (χ4n) is 2.95. The SMILES string of the molecule is CC(C)CC(N)C(=O)NC(CCCCN)C(=O)NC(C(=O)NC(C(=O)O)C(C)O)C(C)O. The summed E-state index contributed by atoms with van der Waals surface area (Å²) >= 11 is 0. The Labute approximate surface area is 188 Å². The molecule has 10 N–H and O–H groups in total. The Morgan fingerprint density at radius 3 is 1.78 bits per heavy atom. The molecule has 3 amide bonds. The third-order valence-electron chi connectivity index (χ3n) is 4.75. The lowest BCUT2D eigenvalue weighted by atomic mass is 10.0. The molecule has 0 aromatic rings. The van der Waals surface area contributed by atoms with Gasteiger partial charge in [-0.2, -0.15) is 0 Å². The molecule has 0 radical (unpaired) electrons. The highest BCUT2D eigenvalue weighted by atomic mass is 16.4. The van der Waals surface area contributed by atoms with Crippen molar-refractivity contribution in [2.45, 2.75) is 89.8 Å². The van der Waals surface area contributed by atoms with E-state index in [0.717, 1.165) is 0 Å². The normalized spacial score (nSPS) is 16.9. The molecule has 0 saturated heterocycles. The van der Waals surface area contributed by atoms with E-state index >= 15 is 0 Å². The molecule has 12 heteroatoms. The molecule has 0 aliphatic heterocycles. The van der Waals surface area contributed by atoms with Crippen molar-refractivity contribution in [2.24, 2.45) is 17.4 Å². The maximum atomic E-state index is 12.8. The maximum absolute atomic E-state index is 12.8. The zero-order valence-corrected chi connectivity index (χ0v) is 19.2. The number of amides is 3. The zero-order valence-electron chi connectivity index (χ0n) is 19.2. The number of carbonyl (C=O) groups is 4. The fourth-order valence-corrected chi connectivity index (χ4v) is 2.95. The second-order valence-corrected chi connectivity index (χ2v) is 8.37. The van der Waals surface area contributed by atoms with Crippen molar-refractivity contribution in [3.05, 3.63) is 0 Å². The number of unbranched alkanes of at least 4 members (excludes halogenated alkanes) is 1. The highest BCUT2D eigenvalue weighted by Crippen LogP contribution is 2.07. The second-order valence-electron chi connectivity index (χ2n) is 8.37. The predicted octanol–water partition coefficient (Wildman–Crippen LogP) is -2.21. The van der Waals surface area contributed by atoms with E-state index in [0.29, 0.717) is 25.8 Å². The largest absolute Gasteiger partial charge is 0.480 e. The van der Waals surface area contributed by atoms with Gasteiger partial charge in [-0.05, 0) is 52.0 Å². The van der Waals surface area contributed by atoms with Crippen molar-refractivity contribution in [3.8, 4) is 0 Å². The summed E-state index contributed by atoms with van der Waals surface area (Å²) in [6, 6.07) is -5.00. The van der Waals surface area contributed by atoms with Crippen LogP contribution in [-0.4, -0.2) is 81.9 Å². The number of carbonyl (C=O) groups excluding carboxylic acids is 3. The summed E-state index contributed by atoms with van der Waals surface area (Å²) in [4.78, 5) is 49.0. The summed E-state index contributed by atoms with van der Waals surface area (Å²) in [5, 5.41) is 35.7. The summed E-state index contributed by atoms with van der Waals surface area (Å²) in [5.41, 5.74) is 11.4. The van der Waals surface area contributed by atoms with Crippen LogP contribution in [0.15, 0.2) is 0 Å². The van der Waals surface area contributed by atoms with Gasteiger partial charge in [-0.15, -0.1) is 0 Å². The first kappa shape index (κ1) is 29.7. The van der Waals surface area contributed by atoms with Crippen molar-refractivity contribution in [1.29, 1.82) is 0 Å². The third-order valence-corrected chi connectivity index (χ3v) is 4.75. The Bertz CT molecular complexity index is 627. The monoisotopic (exact) mass is 461 g/mol. The van der Waals surface area contributed by atoms with E-state index in [-0.39, 0.29) is 12.3 Å². The lowest BCUT2D eigenvalue weighted by Gasteiger charge is -2.27. The second kappa shape index (κ2) is 14.7. The first-order chi connectivity index (χ1) is 14.8. The molecule has 6 atom stereocenters. The van der Waals surface area contributed by atoms with Gasteiger partial charge in [-0.25, -0.2) is 4.79 Å². The summed E-state index contributed by atoms with van der Waals surface area (Å²) in [7, 11) is 0. The molecule has 0 spiro atoms. The number of hydrogen-bond donors (Lipinski definition) is 8. The van der Waals surface area contributed by atoms with Gasteiger partial charge in [0, 0.05) is 0 Å². The number of rotatable bonds is 15. The molecule has 0 saturated carbocycles. The van der Waals surface area contributed by atoms with Crippen LogP contribution in [0.1, 0.15) is 53.4 Å². The third kappa shape index (κ3) is 10.8. The molecule has 0 heterocycles. The summed E-state index contributed by atoms with van der Waals surface area (Å²) in [6.07, 6.45) is -1.03. The zero-order chi connectivity index (χ0) is 25.0. The van der Waals surface area contributed by atoms with Crippen LogP contribution in [0.4, 0.5) is 0 Å². The molecule has 0 aliphatic rings. The highest BCUT2D eigenvalue weighted by Gasteiger charge is 2.33. The topological polar surface area (TPSA) is 217 Å². The maximum Gasteiger partial charge on any atom is 0.328 e. The van der Waals surface area contributed by atoms with Gasteiger partial charge >= 0.3 is 5.97 Å². The van der Waals surface area contributed by atoms with Gasteiger partial charge in [-0.3, -0.25) is 14.4 Å². The molecule has 0 aromatic carbocycles. The van der Waals surface area contributed by atoms with Crippen LogP contribution >= 0.6 is 0 Å². The van der Waals surface area contributed by atoms with E-state index < -0.39 is 60.1 Å². The van der Waals surface area contributed by atoms with Crippen LogP contribution in [0.2, 0.25) is 0 Å². The van der Waals surface area contributed by atoms with Crippen LogP contribution in [0, 0.1) is 5.92 Å². The van der Waals surface area contributed by atoms with Crippen LogP contribution in [0.3, 0.4) is 0 Å². The smallest absolute Gasteiger partial charge is 0.328 e. The van der Waals surface area contributed by atoms with Gasteiger partial charge < -0.3 is 42.7 Å². The number of nitrogens with two attached hydrogens (primary N) is 2. The number of nitrogens with one attached hydrogen (secondary N) is 3. The fraction of sp³-hybridized carbons (Fsp3) is 0.800. The number of carboxylic acid groups (broad SMARTS) is 1. The Hall–Kier alpha value is -2.28. The average Bonchev–Trinajstić information content (AvgIpc) is 2.67. The van der Waals surface area contributed by atoms with E-state index in [1.807, 2.05) is 13.8 Å². The summed E-state index contributed by atoms with van der Waals surface area (Å²) in [5.74, 6) is -3.57. The predicted molar refractivity (Wildman–Crippen MR) is 117 cm³/mol. The van der Waals surface area contributed by atoms with E-state index in [9.17, 15) is 29.4 Å². The van der Waals surface area contributed by atoms with Crippen molar-refractivity contribution < 1.29 is 34.5 Å². The van der Waals surface area contributed by atoms with Gasteiger partial charge in [0.1, 0.15) is 12.1 Å². The van der Waals surface area contributed by atoms with Crippen molar-refractivity contribution >= 4 is 23.7 Å². The Morgan fingerprint density at radius 1 is 0.812 bits per heavy atom. The van der Waals surface area contributed by atoms with E-state index in [1.54, 1.807) is 0 Å². The van der Waals surface area contributed by atoms with E-state index in [2.05, 4.69) is 16.0 Å². The molecular weight excluding hydrogens is 422 g/mol. The summed E-state index contributed by atoms with van der Waals surface area (Å²) < 4.78 is 0. The van der Waals surface area contributed by atoms with Crippen LogP contribution < -0.4 is 27.4 Å². The minimum atomic E-state index is -1.63. The molecule has 0 rings (SSSR count). The van der Waals surface area contributed by atoms with Gasteiger partial charge in [0.2, 0.25) is 17.7 Å². The molecular formula is C20H39N5O7. The van der Waals surface area contributed by atoms with Gasteiger partial charge in [0.15, 0.2) is 6.04 Å². The lowest BCUT2D eigenvalue weighted by molar-refractivity contribution is -0.146. The molecule has 32 heavy (non-hydrogen) atoms. The van der Waals surface area contributed by atoms with E-state index in [4.69, 9.17) is 16.6 Å². The lowest BCUT2D eigenvalue weighted by Crippen LogP contribution is -2.60. The molecule has 12 nitrogen and oxygen atoms in total. The van der Waals surface area contributed by atoms with Gasteiger partial charge in [0.05, 0.1) is 18.2 Å². The number of aliphatic hydroxyl groups excluding tert-OH is 2. The molecule has 0 aliphatic carbocycles. The van der Waals surface area contributed by atoms with Crippen LogP contribution in [0.5, 0.6) is 0 Å². The molecule has 0 aromatic heterocycles.